The van der Waals surface area contributed by atoms with Gasteiger partial charge >= 0.3 is 0 Å². The summed E-state index contributed by atoms with van der Waals surface area (Å²) in [5.74, 6) is 0.950. The van der Waals surface area contributed by atoms with Crippen LogP contribution in [-0.2, 0) is 0 Å². The molecule has 1 amide bonds. The van der Waals surface area contributed by atoms with Gasteiger partial charge in [-0.1, -0.05) is 6.07 Å². The SMILES string of the molecule is COc1cccc(N2CCN(C(=O)c3cn4cc(-c5cc(F)ccc5OC)ccc4n3)CC2)c1. The van der Waals surface area contributed by atoms with Crippen molar-refractivity contribution in [3.63, 3.8) is 0 Å². The summed E-state index contributed by atoms with van der Waals surface area (Å²) in [6.45, 7) is 2.68. The van der Waals surface area contributed by atoms with Gasteiger partial charge in [0.1, 0.15) is 28.7 Å². The molecule has 0 atom stereocenters. The van der Waals surface area contributed by atoms with E-state index in [1.807, 2.05) is 47.5 Å². The monoisotopic (exact) mass is 460 g/mol. The maximum absolute atomic E-state index is 13.8. The highest BCUT2D eigenvalue weighted by Gasteiger charge is 2.24. The Morgan fingerprint density at radius 3 is 2.53 bits per heavy atom. The second-order valence-electron chi connectivity index (χ2n) is 8.13. The molecule has 1 aliphatic rings. The van der Waals surface area contributed by atoms with Gasteiger partial charge in [0.05, 0.1) is 14.2 Å². The molecule has 4 aromatic rings. The van der Waals surface area contributed by atoms with Gasteiger partial charge < -0.3 is 23.7 Å². The number of imidazole rings is 1. The Hall–Kier alpha value is -4.07. The number of carbonyl (C=O) groups is 1. The van der Waals surface area contributed by atoms with E-state index in [0.29, 0.717) is 35.7 Å². The molecule has 0 bridgehead atoms. The van der Waals surface area contributed by atoms with Gasteiger partial charge in [0, 0.05) is 61.5 Å². The van der Waals surface area contributed by atoms with Crippen LogP contribution >= 0.6 is 0 Å². The Labute approximate surface area is 197 Å². The molecule has 1 saturated heterocycles. The van der Waals surface area contributed by atoms with Gasteiger partial charge in [0.2, 0.25) is 0 Å². The number of nitrogens with zero attached hydrogens (tertiary/aromatic N) is 4. The minimum atomic E-state index is -0.342. The van der Waals surface area contributed by atoms with E-state index in [4.69, 9.17) is 9.47 Å². The van der Waals surface area contributed by atoms with Crippen LogP contribution in [0.4, 0.5) is 10.1 Å². The normalized spacial score (nSPS) is 13.9. The third kappa shape index (κ3) is 4.14. The molecule has 2 aromatic heterocycles. The molecule has 1 aliphatic heterocycles. The van der Waals surface area contributed by atoms with E-state index in [9.17, 15) is 9.18 Å². The van der Waals surface area contributed by atoms with E-state index >= 15 is 0 Å². The summed E-state index contributed by atoms with van der Waals surface area (Å²) in [6, 6.07) is 16.0. The molecule has 34 heavy (non-hydrogen) atoms. The molecule has 0 radical (unpaired) electrons. The fourth-order valence-electron chi connectivity index (χ4n) is 4.30. The summed E-state index contributed by atoms with van der Waals surface area (Å²) in [4.78, 5) is 21.7. The van der Waals surface area contributed by atoms with Crippen LogP contribution in [0.3, 0.4) is 0 Å². The Kier molecular flexibility index (Phi) is 5.79. The number of anilines is 1. The van der Waals surface area contributed by atoms with Crippen LogP contribution < -0.4 is 14.4 Å². The van der Waals surface area contributed by atoms with Gasteiger partial charge in [-0.2, -0.15) is 0 Å². The molecule has 2 aromatic carbocycles. The Morgan fingerprint density at radius 2 is 1.76 bits per heavy atom. The lowest BCUT2D eigenvalue weighted by Gasteiger charge is -2.35. The van der Waals surface area contributed by atoms with Gasteiger partial charge in [-0.05, 0) is 42.5 Å². The predicted molar refractivity (Wildman–Crippen MR) is 128 cm³/mol. The molecule has 0 saturated carbocycles. The molecule has 7 nitrogen and oxygen atoms in total. The van der Waals surface area contributed by atoms with E-state index < -0.39 is 0 Å². The molecule has 3 heterocycles. The van der Waals surface area contributed by atoms with Crippen LogP contribution in [0.2, 0.25) is 0 Å². The third-order valence-electron chi connectivity index (χ3n) is 6.13. The number of hydrogen-bond donors (Lipinski definition) is 0. The smallest absolute Gasteiger partial charge is 0.274 e. The summed E-state index contributed by atoms with van der Waals surface area (Å²) in [5, 5.41) is 0. The minimum Gasteiger partial charge on any atom is -0.497 e. The number of hydrogen-bond acceptors (Lipinski definition) is 5. The van der Waals surface area contributed by atoms with E-state index in [2.05, 4.69) is 9.88 Å². The Bertz CT molecular complexity index is 1350. The van der Waals surface area contributed by atoms with Crippen molar-refractivity contribution in [3.8, 4) is 22.6 Å². The minimum absolute atomic E-state index is 0.0983. The lowest BCUT2D eigenvalue weighted by atomic mass is 10.1. The van der Waals surface area contributed by atoms with E-state index in [0.717, 1.165) is 30.1 Å². The number of benzene rings is 2. The zero-order valence-electron chi connectivity index (χ0n) is 19.1. The van der Waals surface area contributed by atoms with Gasteiger partial charge in [-0.3, -0.25) is 4.79 Å². The highest BCUT2D eigenvalue weighted by atomic mass is 19.1. The van der Waals surface area contributed by atoms with Crippen LogP contribution in [0.15, 0.2) is 67.0 Å². The van der Waals surface area contributed by atoms with Crippen molar-refractivity contribution in [2.45, 2.75) is 0 Å². The number of rotatable bonds is 5. The number of piperazine rings is 1. The van der Waals surface area contributed by atoms with E-state index in [-0.39, 0.29) is 11.7 Å². The summed E-state index contributed by atoms with van der Waals surface area (Å²) in [6.07, 6.45) is 3.55. The maximum atomic E-state index is 13.8. The zero-order valence-corrected chi connectivity index (χ0v) is 19.1. The molecular formula is C26H25FN4O3. The molecular weight excluding hydrogens is 435 g/mol. The lowest BCUT2D eigenvalue weighted by molar-refractivity contribution is 0.0741. The van der Waals surface area contributed by atoms with Crippen molar-refractivity contribution in [1.82, 2.24) is 14.3 Å². The zero-order chi connectivity index (χ0) is 23.7. The van der Waals surface area contributed by atoms with Gasteiger partial charge in [0.15, 0.2) is 0 Å². The van der Waals surface area contributed by atoms with Gasteiger partial charge in [-0.15, -0.1) is 0 Å². The second kappa shape index (κ2) is 9.05. The fraction of sp³-hybridized carbons (Fsp3) is 0.231. The first-order chi connectivity index (χ1) is 16.6. The largest absolute Gasteiger partial charge is 0.497 e. The number of pyridine rings is 1. The van der Waals surface area contributed by atoms with E-state index in [1.165, 1.54) is 12.1 Å². The van der Waals surface area contributed by atoms with Crippen molar-refractivity contribution in [2.24, 2.45) is 0 Å². The molecule has 174 valence electrons. The standard InChI is InChI=1S/C26H25FN4O3/c1-33-21-5-3-4-20(15-21)29-10-12-30(13-11-29)26(32)23-17-31-16-18(6-9-25(31)28-23)22-14-19(27)7-8-24(22)34-2/h3-9,14-17H,10-13H2,1-2H3. The van der Waals surface area contributed by atoms with Crippen molar-refractivity contribution >= 4 is 17.2 Å². The number of ether oxygens (including phenoxy) is 2. The number of halogens is 1. The molecule has 0 aliphatic carbocycles. The van der Waals surface area contributed by atoms with Crippen LogP contribution in [-0.4, -0.2) is 60.6 Å². The Morgan fingerprint density at radius 1 is 0.941 bits per heavy atom. The van der Waals surface area contributed by atoms with Gasteiger partial charge in [0.25, 0.3) is 5.91 Å². The molecule has 8 heteroatoms. The van der Waals surface area contributed by atoms with Crippen LogP contribution in [0, 0.1) is 5.82 Å². The number of fused-ring (bicyclic) bond motifs is 1. The van der Waals surface area contributed by atoms with Crippen LogP contribution in [0.25, 0.3) is 16.8 Å². The van der Waals surface area contributed by atoms with Crippen molar-refractivity contribution in [1.29, 1.82) is 0 Å². The average molecular weight is 461 g/mol. The van der Waals surface area contributed by atoms with E-state index in [1.54, 1.807) is 30.9 Å². The third-order valence-corrected chi connectivity index (χ3v) is 6.13. The lowest BCUT2D eigenvalue weighted by Crippen LogP contribution is -2.48. The fourth-order valence-corrected chi connectivity index (χ4v) is 4.30. The first-order valence-electron chi connectivity index (χ1n) is 11.1. The molecule has 5 rings (SSSR count). The van der Waals surface area contributed by atoms with Crippen LogP contribution in [0.1, 0.15) is 10.5 Å². The van der Waals surface area contributed by atoms with Crippen molar-refractivity contribution < 1.29 is 18.7 Å². The summed E-state index contributed by atoms with van der Waals surface area (Å²) in [7, 11) is 3.21. The first kappa shape index (κ1) is 21.8. The molecule has 1 fully saturated rings. The number of carbonyl (C=O) groups excluding carboxylic acids is 1. The van der Waals surface area contributed by atoms with Crippen molar-refractivity contribution in [3.05, 3.63) is 78.5 Å². The number of amides is 1. The van der Waals surface area contributed by atoms with Crippen LogP contribution in [0.5, 0.6) is 11.5 Å². The summed E-state index contributed by atoms with van der Waals surface area (Å²) >= 11 is 0. The predicted octanol–water partition coefficient (Wildman–Crippen LogP) is 4.12. The van der Waals surface area contributed by atoms with Gasteiger partial charge in [-0.25, -0.2) is 9.37 Å². The number of methoxy groups -OCH3 is 2. The number of aromatic nitrogens is 2. The molecule has 0 unspecified atom stereocenters. The highest BCUT2D eigenvalue weighted by Crippen LogP contribution is 2.31. The Balaban J connectivity index is 1.33. The summed E-state index contributed by atoms with van der Waals surface area (Å²) in [5.41, 5.74) is 3.53. The van der Waals surface area contributed by atoms with Crippen molar-refractivity contribution in [2.75, 3.05) is 45.3 Å². The highest BCUT2D eigenvalue weighted by molar-refractivity contribution is 5.93. The molecule has 0 N–H and O–H groups in total. The molecule has 0 spiro atoms. The quantitative estimate of drug-likeness (QED) is 0.449. The maximum Gasteiger partial charge on any atom is 0.274 e. The average Bonchev–Trinajstić information content (AvgIpc) is 3.32. The topological polar surface area (TPSA) is 59.3 Å². The summed E-state index contributed by atoms with van der Waals surface area (Å²) < 4.78 is 26.3. The first-order valence-corrected chi connectivity index (χ1v) is 11.1. The second-order valence-corrected chi connectivity index (χ2v) is 8.13.